The smallest absolute Gasteiger partial charge is 0.193 e. The van der Waals surface area contributed by atoms with Crippen molar-refractivity contribution < 1.29 is 0 Å². The van der Waals surface area contributed by atoms with E-state index in [0.29, 0.717) is 0 Å². The molecular formula is C18H32IN5S. The Morgan fingerprint density at radius 3 is 2.64 bits per heavy atom. The van der Waals surface area contributed by atoms with Gasteiger partial charge in [-0.2, -0.15) is 0 Å². The average Bonchev–Trinajstić information content (AvgIpc) is 3.16. The molecule has 2 saturated heterocycles. The summed E-state index contributed by atoms with van der Waals surface area (Å²) in [5, 5.41) is 4.68. The van der Waals surface area contributed by atoms with Gasteiger partial charge in [-0.15, -0.1) is 35.3 Å². The SMILES string of the molecule is CN=C(NCc1sc(C)nc1C)N1CCC(CN2CCCCC2)C1.I. The molecule has 0 amide bonds. The zero-order valence-corrected chi connectivity index (χ0v) is 18.9. The van der Waals surface area contributed by atoms with Gasteiger partial charge in [0.15, 0.2) is 5.96 Å². The fourth-order valence-electron chi connectivity index (χ4n) is 3.91. The minimum absolute atomic E-state index is 0. The van der Waals surface area contributed by atoms with Gasteiger partial charge in [-0.1, -0.05) is 6.42 Å². The highest BCUT2D eigenvalue weighted by Crippen LogP contribution is 2.21. The second-order valence-electron chi connectivity index (χ2n) is 7.10. The molecule has 7 heteroatoms. The lowest BCUT2D eigenvalue weighted by atomic mass is 10.1. The Kier molecular flexibility index (Phi) is 8.41. The standard InChI is InChI=1S/C18H31N5S.HI/c1-14-17(24-15(2)21-14)11-20-18(19-3)23-10-7-16(13-23)12-22-8-5-4-6-9-22;/h16H,4-13H2,1-3H3,(H,19,20);1H. The van der Waals surface area contributed by atoms with E-state index < -0.39 is 0 Å². The van der Waals surface area contributed by atoms with Gasteiger partial charge < -0.3 is 15.1 Å². The normalized spacial score (nSPS) is 22.1. The molecule has 3 heterocycles. The fourth-order valence-corrected chi connectivity index (χ4v) is 4.79. The number of hydrogen-bond donors (Lipinski definition) is 1. The van der Waals surface area contributed by atoms with Crippen molar-refractivity contribution in [3.63, 3.8) is 0 Å². The van der Waals surface area contributed by atoms with E-state index in [0.717, 1.165) is 42.2 Å². The van der Waals surface area contributed by atoms with E-state index in [1.165, 1.54) is 50.2 Å². The number of hydrogen-bond acceptors (Lipinski definition) is 4. The van der Waals surface area contributed by atoms with Gasteiger partial charge in [-0.3, -0.25) is 4.99 Å². The quantitative estimate of drug-likeness (QED) is 0.411. The van der Waals surface area contributed by atoms with E-state index in [1.54, 1.807) is 11.3 Å². The number of aromatic nitrogens is 1. The lowest BCUT2D eigenvalue weighted by Crippen LogP contribution is -2.41. The second-order valence-corrected chi connectivity index (χ2v) is 8.39. The first kappa shape index (κ1) is 20.9. The van der Waals surface area contributed by atoms with Crippen molar-refractivity contribution in [2.75, 3.05) is 39.8 Å². The zero-order chi connectivity index (χ0) is 16.9. The van der Waals surface area contributed by atoms with Crippen LogP contribution in [0.5, 0.6) is 0 Å². The number of halogens is 1. The molecule has 2 fully saturated rings. The van der Waals surface area contributed by atoms with Gasteiger partial charge in [0.05, 0.1) is 17.2 Å². The molecule has 1 N–H and O–H groups in total. The number of aliphatic imine (C=N–C) groups is 1. The Morgan fingerprint density at radius 2 is 2.00 bits per heavy atom. The van der Waals surface area contributed by atoms with E-state index in [9.17, 15) is 0 Å². The van der Waals surface area contributed by atoms with Crippen LogP contribution in [0.3, 0.4) is 0 Å². The minimum atomic E-state index is 0. The molecule has 142 valence electrons. The van der Waals surface area contributed by atoms with Crippen LogP contribution in [0.15, 0.2) is 4.99 Å². The molecule has 1 aromatic rings. The van der Waals surface area contributed by atoms with Crippen LogP contribution in [0.1, 0.15) is 41.3 Å². The molecule has 0 bridgehead atoms. The summed E-state index contributed by atoms with van der Waals surface area (Å²) >= 11 is 1.78. The van der Waals surface area contributed by atoms with Crippen LogP contribution in [-0.4, -0.2) is 60.5 Å². The van der Waals surface area contributed by atoms with Crippen molar-refractivity contribution in [1.82, 2.24) is 20.1 Å². The number of nitrogens with one attached hydrogen (secondary N) is 1. The van der Waals surface area contributed by atoms with Gasteiger partial charge in [-0.25, -0.2) is 4.98 Å². The van der Waals surface area contributed by atoms with Gasteiger partial charge in [0.2, 0.25) is 0 Å². The first-order valence-corrected chi connectivity index (χ1v) is 10.1. The summed E-state index contributed by atoms with van der Waals surface area (Å²) in [5.41, 5.74) is 1.14. The Morgan fingerprint density at radius 1 is 1.24 bits per heavy atom. The Balaban J connectivity index is 0.00000225. The average molecular weight is 477 g/mol. The first-order chi connectivity index (χ1) is 11.7. The van der Waals surface area contributed by atoms with Gasteiger partial charge >= 0.3 is 0 Å². The fraction of sp³-hybridized carbons (Fsp3) is 0.778. The number of piperidine rings is 1. The Bertz CT molecular complexity index is 568. The van der Waals surface area contributed by atoms with Gasteiger partial charge in [0.1, 0.15) is 0 Å². The molecule has 25 heavy (non-hydrogen) atoms. The minimum Gasteiger partial charge on any atom is -0.351 e. The van der Waals surface area contributed by atoms with E-state index >= 15 is 0 Å². The topological polar surface area (TPSA) is 43.8 Å². The number of thiazole rings is 1. The number of likely N-dealkylation sites (tertiary alicyclic amines) is 2. The number of aryl methyl sites for hydroxylation is 2. The van der Waals surface area contributed by atoms with Crippen LogP contribution in [0.2, 0.25) is 0 Å². The van der Waals surface area contributed by atoms with Crippen molar-refractivity contribution in [2.45, 2.75) is 46.1 Å². The molecule has 2 aliphatic heterocycles. The van der Waals surface area contributed by atoms with Crippen LogP contribution >= 0.6 is 35.3 Å². The molecule has 0 aliphatic carbocycles. The maximum Gasteiger partial charge on any atom is 0.193 e. The third-order valence-electron chi connectivity index (χ3n) is 5.17. The summed E-state index contributed by atoms with van der Waals surface area (Å²) in [4.78, 5) is 15.4. The largest absolute Gasteiger partial charge is 0.351 e. The van der Waals surface area contributed by atoms with Gasteiger partial charge in [0, 0.05) is 31.6 Å². The summed E-state index contributed by atoms with van der Waals surface area (Å²) in [5.74, 6) is 1.83. The van der Waals surface area contributed by atoms with Crippen LogP contribution in [0.4, 0.5) is 0 Å². The van der Waals surface area contributed by atoms with Crippen LogP contribution in [0.25, 0.3) is 0 Å². The highest BCUT2D eigenvalue weighted by atomic mass is 127. The van der Waals surface area contributed by atoms with Crippen LogP contribution in [0, 0.1) is 19.8 Å². The highest BCUT2D eigenvalue weighted by molar-refractivity contribution is 14.0. The molecule has 5 nitrogen and oxygen atoms in total. The lowest BCUT2D eigenvalue weighted by molar-refractivity contribution is 0.198. The molecule has 1 unspecified atom stereocenters. The van der Waals surface area contributed by atoms with Crippen molar-refractivity contribution in [2.24, 2.45) is 10.9 Å². The summed E-state index contributed by atoms with van der Waals surface area (Å²) in [6.07, 6.45) is 5.47. The second kappa shape index (κ2) is 10.1. The molecule has 0 spiro atoms. The van der Waals surface area contributed by atoms with Crippen molar-refractivity contribution in [1.29, 1.82) is 0 Å². The number of guanidine groups is 1. The van der Waals surface area contributed by atoms with Crippen molar-refractivity contribution >= 4 is 41.3 Å². The van der Waals surface area contributed by atoms with Crippen molar-refractivity contribution in [3.05, 3.63) is 15.6 Å². The Hall–Kier alpha value is -0.410. The summed E-state index contributed by atoms with van der Waals surface area (Å²) in [7, 11) is 1.89. The molecular weight excluding hydrogens is 445 g/mol. The summed E-state index contributed by atoms with van der Waals surface area (Å²) in [6.45, 7) is 11.1. The van der Waals surface area contributed by atoms with Gasteiger partial charge in [0.25, 0.3) is 0 Å². The molecule has 0 radical (unpaired) electrons. The molecule has 0 aromatic carbocycles. The monoisotopic (exact) mass is 477 g/mol. The van der Waals surface area contributed by atoms with E-state index in [2.05, 4.69) is 38.9 Å². The first-order valence-electron chi connectivity index (χ1n) is 9.26. The molecule has 1 atom stereocenters. The molecule has 2 aliphatic rings. The maximum atomic E-state index is 4.51. The predicted octanol–water partition coefficient (Wildman–Crippen LogP) is 3.26. The van der Waals surface area contributed by atoms with Crippen LogP contribution in [-0.2, 0) is 6.54 Å². The van der Waals surface area contributed by atoms with E-state index in [-0.39, 0.29) is 24.0 Å². The van der Waals surface area contributed by atoms with Crippen LogP contribution < -0.4 is 5.32 Å². The lowest BCUT2D eigenvalue weighted by Gasteiger charge is -2.29. The third-order valence-corrected chi connectivity index (χ3v) is 6.24. The molecule has 1 aromatic heterocycles. The van der Waals surface area contributed by atoms with Gasteiger partial charge in [-0.05, 0) is 52.1 Å². The van der Waals surface area contributed by atoms with E-state index in [4.69, 9.17) is 0 Å². The summed E-state index contributed by atoms with van der Waals surface area (Å²) < 4.78 is 0. The number of rotatable bonds is 4. The zero-order valence-electron chi connectivity index (χ0n) is 15.8. The predicted molar refractivity (Wildman–Crippen MR) is 117 cm³/mol. The third kappa shape index (κ3) is 5.79. The Labute approximate surface area is 173 Å². The van der Waals surface area contributed by atoms with Crippen molar-refractivity contribution in [3.8, 4) is 0 Å². The maximum absolute atomic E-state index is 4.51. The van der Waals surface area contributed by atoms with E-state index in [1.807, 2.05) is 7.05 Å². The highest BCUT2D eigenvalue weighted by Gasteiger charge is 2.27. The molecule has 0 saturated carbocycles. The number of nitrogens with zero attached hydrogens (tertiary/aromatic N) is 4. The molecule has 3 rings (SSSR count). The summed E-state index contributed by atoms with van der Waals surface area (Å²) in [6, 6.07) is 0.